The highest BCUT2D eigenvalue weighted by Crippen LogP contribution is 2.28. The zero-order valence-electron chi connectivity index (χ0n) is 18.7. The average Bonchev–Trinajstić information content (AvgIpc) is 3.23. The Morgan fingerprint density at radius 2 is 2.09 bits per heavy atom. The van der Waals surface area contributed by atoms with E-state index < -0.39 is 39.8 Å². The summed E-state index contributed by atoms with van der Waals surface area (Å²) in [6.07, 6.45) is 2.62. The van der Waals surface area contributed by atoms with Crippen LogP contribution in [0.4, 0.5) is 10.2 Å². The first-order valence-electron chi connectivity index (χ1n) is 10.9. The molecule has 0 radical (unpaired) electrons. The summed E-state index contributed by atoms with van der Waals surface area (Å²) in [6, 6.07) is 1.35. The number of aromatic nitrogens is 3. The number of amides is 1. The molecule has 0 saturated carbocycles. The number of aromatic amines is 1. The maximum absolute atomic E-state index is 13.4. The van der Waals surface area contributed by atoms with Crippen molar-refractivity contribution in [1.29, 1.82) is 0 Å². The van der Waals surface area contributed by atoms with Crippen LogP contribution in [0.25, 0.3) is 10.2 Å². The summed E-state index contributed by atoms with van der Waals surface area (Å²) in [5.74, 6) is -0.970. The number of carbonyl (C=O) groups is 1. The fourth-order valence-electron chi connectivity index (χ4n) is 3.96. The van der Waals surface area contributed by atoms with Gasteiger partial charge in [0.1, 0.15) is 22.4 Å². The molecule has 2 unspecified atom stereocenters. The van der Waals surface area contributed by atoms with Crippen LogP contribution in [-0.2, 0) is 20.3 Å². The number of hydrogen-bond donors (Lipinski definition) is 2. The fraction of sp³-hybridized carbons (Fsp3) is 0.455. The van der Waals surface area contributed by atoms with E-state index >= 15 is 0 Å². The predicted octanol–water partition coefficient (Wildman–Crippen LogP) is 2.80. The van der Waals surface area contributed by atoms with Crippen molar-refractivity contribution in [2.75, 3.05) is 18.5 Å². The largest absolute Gasteiger partial charge is 0.381 e. The van der Waals surface area contributed by atoms with Crippen molar-refractivity contribution < 1.29 is 18.1 Å². The van der Waals surface area contributed by atoms with Gasteiger partial charge in [0.05, 0.1) is 27.4 Å². The van der Waals surface area contributed by atoms with E-state index in [0.29, 0.717) is 31.0 Å². The average molecular weight is 509 g/mol. The standard InChI is InChI=1S/C22H25FN4O5S2/c1-12(2)34(31)16-11-33-19-18(16)26-22(30)27(21(19)29)15(9-13-5-7-32-8-6-13)20(28)25-17-4-3-14(23)10-24-17/h3-4,10-13,15H,5-9H2,1-2H3,(H,26,30)(H,24,25,28). The number of nitrogens with zero attached hydrogens (tertiary/aromatic N) is 2. The molecule has 3 aromatic heterocycles. The Hall–Kier alpha value is -2.70. The summed E-state index contributed by atoms with van der Waals surface area (Å²) in [5.41, 5.74) is -1.12. The highest BCUT2D eigenvalue weighted by atomic mass is 32.2. The lowest BCUT2D eigenvalue weighted by molar-refractivity contribution is -0.120. The molecule has 0 spiro atoms. The SMILES string of the molecule is CC(C)S(=O)c1csc2c(=O)n(C(CC3CCOCC3)C(=O)Nc3ccc(F)cn3)c(=O)[nH]c12. The van der Waals surface area contributed by atoms with Gasteiger partial charge in [-0.1, -0.05) is 13.8 Å². The van der Waals surface area contributed by atoms with E-state index in [9.17, 15) is 23.0 Å². The molecule has 0 bridgehead atoms. The number of carbonyl (C=O) groups excluding carboxylic acids is 1. The first kappa shape index (κ1) is 24.4. The smallest absolute Gasteiger partial charge is 0.329 e. The van der Waals surface area contributed by atoms with Gasteiger partial charge in [-0.05, 0) is 37.3 Å². The van der Waals surface area contributed by atoms with Crippen LogP contribution in [0.15, 0.2) is 38.2 Å². The van der Waals surface area contributed by atoms with Gasteiger partial charge in [-0.3, -0.25) is 13.8 Å². The lowest BCUT2D eigenvalue weighted by Crippen LogP contribution is -2.43. The van der Waals surface area contributed by atoms with Gasteiger partial charge in [0.2, 0.25) is 5.91 Å². The van der Waals surface area contributed by atoms with E-state index in [1.165, 1.54) is 6.07 Å². The first-order chi connectivity index (χ1) is 16.3. The van der Waals surface area contributed by atoms with Crippen LogP contribution >= 0.6 is 11.3 Å². The molecule has 0 aromatic carbocycles. The Bertz CT molecular complexity index is 1330. The number of ether oxygens (including phenoxy) is 1. The van der Waals surface area contributed by atoms with E-state index in [1.54, 1.807) is 19.2 Å². The summed E-state index contributed by atoms with van der Waals surface area (Å²) in [7, 11) is -1.40. The molecule has 4 heterocycles. The zero-order chi connectivity index (χ0) is 24.4. The molecule has 1 saturated heterocycles. The second-order valence-corrected chi connectivity index (χ2v) is 11.3. The number of pyridine rings is 1. The van der Waals surface area contributed by atoms with Crippen LogP contribution in [0.1, 0.15) is 39.2 Å². The molecule has 1 aliphatic rings. The van der Waals surface area contributed by atoms with Gasteiger partial charge in [0, 0.05) is 23.8 Å². The minimum atomic E-state index is -1.40. The number of thiophene rings is 1. The lowest BCUT2D eigenvalue weighted by atomic mass is 9.92. The van der Waals surface area contributed by atoms with Gasteiger partial charge in [-0.15, -0.1) is 11.3 Å². The minimum absolute atomic E-state index is 0.0695. The Labute approximate surface area is 200 Å². The van der Waals surface area contributed by atoms with Gasteiger partial charge in [0.15, 0.2) is 0 Å². The number of hydrogen-bond acceptors (Lipinski definition) is 7. The molecule has 9 nitrogen and oxygen atoms in total. The third-order valence-corrected chi connectivity index (χ3v) is 8.49. The summed E-state index contributed by atoms with van der Waals surface area (Å²) in [4.78, 5) is 46.8. The fourth-order valence-corrected chi connectivity index (χ4v) is 6.23. The van der Waals surface area contributed by atoms with Crippen LogP contribution in [0.3, 0.4) is 0 Å². The maximum Gasteiger partial charge on any atom is 0.329 e. The van der Waals surface area contributed by atoms with Crippen LogP contribution in [0.2, 0.25) is 0 Å². The van der Waals surface area contributed by atoms with E-state index in [1.807, 2.05) is 0 Å². The van der Waals surface area contributed by atoms with Gasteiger partial charge < -0.3 is 15.0 Å². The highest BCUT2D eigenvalue weighted by Gasteiger charge is 2.30. The minimum Gasteiger partial charge on any atom is -0.381 e. The van der Waals surface area contributed by atoms with Crippen molar-refractivity contribution in [2.45, 2.75) is 49.3 Å². The topological polar surface area (TPSA) is 123 Å². The number of H-pyrrole nitrogens is 1. The van der Waals surface area contributed by atoms with Crippen LogP contribution in [0, 0.1) is 11.7 Å². The molecule has 3 aromatic rings. The number of anilines is 1. The van der Waals surface area contributed by atoms with Gasteiger partial charge in [0.25, 0.3) is 5.56 Å². The van der Waals surface area contributed by atoms with E-state index in [2.05, 4.69) is 15.3 Å². The zero-order valence-corrected chi connectivity index (χ0v) is 20.3. The molecule has 4 rings (SSSR count). The molecule has 2 N–H and O–H groups in total. The molecule has 1 aliphatic heterocycles. The predicted molar refractivity (Wildman–Crippen MR) is 128 cm³/mol. The molecule has 0 aliphatic carbocycles. The quantitative estimate of drug-likeness (QED) is 0.506. The van der Waals surface area contributed by atoms with Crippen LogP contribution in [-0.4, -0.2) is 43.1 Å². The molecule has 182 valence electrons. The van der Waals surface area contributed by atoms with Gasteiger partial charge in [-0.2, -0.15) is 0 Å². The molecular formula is C22H25FN4O5S2. The number of halogens is 1. The second-order valence-electron chi connectivity index (χ2n) is 8.41. The maximum atomic E-state index is 13.4. The van der Waals surface area contributed by atoms with Gasteiger partial charge >= 0.3 is 5.69 Å². The Balaban J connectivity index is 1.76. The number of rotatable bonds is 7. The van der Waals surface area contributed by atoms with E-state index in [0.717, 1.165) is 28.2 Å². The Morgan fingerprint density at radius 1 is 1.35 bits per heavy atom. The Morgan fingerprint density at radius 3 is 2.74 bits per heavy atom. The summed E-state index contributed by atoms with van der Waals surface area (Å²) >= 11 is 1.09. The summed E-state index contributed by atoms with van der Waals surface area (Å²) < 4.78 is 32.4. The molecule has 1 amide bonds. The third kappa shape index (κ3) is 5.03. The number of nitrogens with one attached hydrogen (secondary N) is 2. The molecule has 2 atom stereocenters. The van der Waals surface area contributed by atoms with Crippen molar-refractivity contribution in [3.8, 4) is 0 Å². The normalized spacial score (nSPS) is 16.6. The van der Waals surface area contributed by atoms with Crippen molar-refractivity contribution in [1.82, 2.24) is 14.5 Å². The summed E-state index contributed by atoms with van der Waals surface area (Å²) in [5, 5.41) is 4.01. The van der Waals surface area contributed by atoms with E-state index in [4.69, 9.17) is 4.74 Å². The van der Waals surface area contributed by atoms with Gasteiger partial charge in [-0.25, -0.2) is 18.7 Å². The Kier molecular flexibility index (Phi) is 7.39. The van der Waals surface area contributed by atoms with Crippen molar-refractivity contribution in [3.63, 3.8) is 0 Å². The van der Waals surface area contributed by atoms with Crippen molar-refractivity contribution >= 4 is 44.1 Å². The molecule has 34 heavy (non-hydrogen) atoms. The highest BCUT2D eigenvalue weighted by molar-refractivity contribution is 7.86. The molecular weight excluding hydrogens is 483 g/mol. The van der Waals surface area contributed by atoms with Crippen LogP contribution < -0.4 is 16.6 Å². The van der Waals surface area contributed by atoms with E-state index in [-0.39, 0.29) is 33.6 Å². The van der Waals surface area contributed by atoms with Crippen molar-refractivity contribution in [2.24, 2.45) is 5.92 Å². The summed E-state index contributed by atoms with van der Waals surface area (Å²) in [6.45, 7) is 4.66. The molecule has 1 fully saturated rings. The van der Waals surface area contributed by atoms with Crippen LogP contribution in [0.5, 0.6) is 0 Å². The second kappa shape index (κ2) is 10.3. The monoisotopic (exact) mass is 508 g/mol. The van der Waals surface area contributed by atoms with Crippen molar-refractivity contribution in [3.05, 3.63) is 50.4 Å². The molecule has 12 heteroatoms. The third-order valence-electron chi connectivity index (χ3n) is 5.76. The number of fused-ring (bicyclic) bond motifs is 1. The lowest BCUT2D eigenvalue weighted by Gasteiger charge is -2.26. The first-order valence-corrected chi connectivity index (χ1v) is 13.0.